The Hall–Kier alpha value is -0.460. The van der Waals surface area contributed by atoms with Crippen LogP contribution in [0.25, 0.3) is 0 Å². The highest BCUT2D eigenvalue weighted by Crippen LogP contribution is 2.58. The summed E-state index contributed by atoms with van der Waals surface area (Å²) < 4.78 is 0. The van der Waals surface area contributed by atoms with Gasteiger partial charge in [-0.15, -0.1) is 0 Å². The van der Waals surface area contributed by atoms with E-state index in [2.05, 4.69) is 11.0 Å². The first-order valence-electron chi connectivity index (χ1n) is 6.90. The smallest absolute Gasteiger partial charge is 0.0175 e. The quantitative estimate of drug-likeness (QED) is 0.633. The third-order valence-electron chi connectivity index (χ3n) is 5.45. The molecule has 1 aliphatic heterocycles. The van der Waals surface area contributed by atoms with Crippen LogP contribution in [0.5, 0.6) is 0 Å². The molecule has 3 fully saturated rings. The second-order valence-corrected chi connectivity index (χ2v) is 6.05. The minimum Gasteiger partial charge on any atom is -0.375 e. The highest BCUT2D eigenvalue weighted by atomic mass is 15.2. The lowest BCUT2D eigenvalue weighted by atomic mass is 9.84. The maximum Gasteiger partial charge on any atom is 0.0175 e. The molecule has 0 aromatic heterocycles. The van der Waals surface area contributed by atoms with Crippen LogP contribution in [0.4, 0.5) is 0 Å². The first kappa shape index (κ1) is 8.66. The van der Waals surface area contributed by atoms with Crippen molar-refractivity contribution in [3.63, 3.8) is 0 Å². The van der Waals surface area contributed by atoms with Crippen molar-refractivity contribution in [1.29, 1.82) is 0 Å². The van der Waals surface area contributed by atoms with Gasteiger partial charge in [-0.25, -0.2) is 0 Å². The van der Waals surface area contributed by atoms with E-state index in [-0.39, 0.29) is 0 Å². The summed E-state index contributed by atoms with van der Waals surface area (Å²) in [6, 6.07) is 0. The zero-order valence-corrected chi connectivity index (χ0v) is 9.49. The summed E-state index contributed by atoms with van der Waals surface area (Å²) in [4.78, 5) is 2.71. The summed E-state index contributed by atoms with van der Waals surface area (Å²) in [5.41, 5.74) is 1.78. The van der Waals surface area contributed by atoms with Gasteiger partial charge in [0.05, 0.1) is 0 Å². The Morgan fingerprint density at radius 3 is 2.67 bits per heavy atom. The zero-order valence-electron chi connectivity index (χ0n) is 9.49. The van der Waals surface area contributed by atoms with Crippen LogP contribution in [0.1, 0.15) is 38.5 Å². The molecule has 15 heavy (non-hydrogen) atoms. The van der Waals surface area contributed by atoms with Gasteiger partial charge in [-0.1, -0.05) is 12.5 Å². The first-order valence-corrected chi connectivity index (χ1v) is 6.90. The van der Waals surface area contributed by atoms with Crippen molar-refractivity contribution in [2.45, 2.75) is 38.5 Å². The van der Waals surface area contributed by atoms with Crippen molar-refractivity contribution in [3.8, 4) is 0 Å². The summed E-state index contributed by atoms with van der Waals surface area (Å²) in [5, 5.41) is 0. The fourth-order valence-corrected chi connectivity index (χ4v) is 4.88. The monoisotopic (exact) mass is 203 g/mol. The van der Waals surface area contributed by atoms with Crippen LogP contribution in [0.3, 0.4) is 0 Å². The molecule has 0 N–H and O–H groups in total. The van der Waals surface area contributed by atoms with Gasteiger partial charge < -0.3 is 4.90 Å². The van der Waals surface area contributed by atoms with E-state index in [9.17, 15) is 0 Å². The number of fused-ring (bicyclic) bond motifs is 5. The van der Waals surface area contributed by atoms with Gasteiger partial charge in [-0.05, 0) is 49.9 Å². The lowest BCUT2D eigenvalue weighted by Gasteiger charge is -2.31. The van der Waals surface area contributed by atoms with Crippen LogP contribution in [-0.4, -0.2) is 18.0 Å². The molecule has 82 valence electrons. The highest BCUT2D eigenvalue weighted by Gasteiger charge is 2.50. The molecule has 0 radical (unpaired) electrons. The zero-order chi connectivity index (χ0) is 9.83. The van der Waals surface area contributed by atoms with Crippen molar-refractivity contribution in [2.75, 3.05) is 13.1 Å². The van der Waals surface area contributed by atoms with Gasteiger partial charge in [-0.3, -0.25) is 0 Å². The average molecular weight is 203 g/mol. The number of allylic oxidation sites excluding steroid dienone is 2. The van der Waals surface area contributed by atoms with E-state index in [1.165, 1.54) is 51.6 Å². The highest BCUT2D eigenvalue weighted by molar-refractivity contribution is 5.24. The lowest BCUT2D eigenvalue weighted by Crippen LogP contribution is -2.27. The third-order valence-corrected chi connectivity index (χ3v) is 5.45. The summed E-state index contributed by atoms with van der Waals surface area (Å²) in [6.45, 7) is 2.71. The molecule has 0 amide bonds. The summed E-state index contributed by atoms with van der Waals surface area (Å²) in [6.07, 6.45) is 11.6. The van der Waals surface area contributed by atoms with Crippen LogP contribution in [-0.2, 0) is 0 Å². The van der Waals surface area contributed by atoms with Crippen molar-refractivity contribution in [2.24, 2.45) is 23.7 Å². The molecule has 0 aromatic carbocycles. The molecular formula is C14H21N. The van der Waals surface area contributed by atoms with E-state index in [1.807, 2.05) is 0 Å². The number of nitrogens with zero attached hydrogens (tertiary/aromatic N) is 1. The van der Waals surface area contributed by atoms with Crippen molar-refractivity contribution in [3.05, 3.63) is 11.8 Å². The summed E-state index contributed by atoms with van der Waals surface area (Å²) >= 11 is 0. The molecule has 0 spiro atoms. The molecule has 3 aliphatic carbocycles. The Morgan fingerprint density at radius 2 is 1.80 bits per heavy atom. The van der Waals surface area contributed by atoms with Crippen molar-refractivity contribution >= 4 is 0 Å². The predicted molar refractivity (Wildman–Crippen MR) is 61.3 cm³/mol. The Balaban J connectivity index is 1.62. The molecule has 4 atom stereocenters. The van der Waals surface area contributed by atoms with Gasteiger partial charge in [0.2, 0.25) is 0 Å². The van der Waals surface area contributed by atoms with Crippen molar-refractivity contribution in [1.82, 2.24) is 4.90 Å². The van der Waals surface area contributed by atoms with Crippen LogP contribution in [0.2, 0.25) is 0 Å². The maximum atomic E-state index is 2.71. The maximum absolute atomic E-state index is 2.71. The number of hydrogen-bond donors (Lipinski definition) is 0. The molecule has 1 heteroatoms. The topological polar surface area (TPSA) is 3.24 Å². The van der Waals surface area contributed by atoms with Gasteiger partial charge in [0.1, 0.15) is 0 Å². The van der Waals surface area contributed by atoms with E-state index in [0.717, 1.165) is 23.7 Å². The molecule has 1 saturated heterocycles. The minimum absolute atomic E-state index is 0.984. The van der Waals surface area contributed by atoms with E-state index in [4.69, 9.17) is 0 Å². The standard InChI is InChI=1S/C14H21N/c1-2-7-15(6-1)14-9-10-8-13(14)12-5-3-4-11(10)12/h9-13H,1-8H2/t10-,11-,12+,13+/m1/s1. The van der Waals surface area contributed by atoms with Crippen LogP contribution in [0.15, 0.2) is 11.8 Å². The molecule has 2 saturated carbocycles. The Kier molecular flexibility index (Phi) is 1.75. The van der Waals surface area contributed by atoms with Crippen molar-refractivity contribution < 1.29 is 0 Å². The Morgan fingerprint density at radius 1 is 1.00 bits per heavy atom. The normalized spacial score (nSPS) is 47.5. The van der Waals surface area contributed by atoms with Gasteiger partial charge in [0.15, 0.2) is 0 Å². The second-order valence-electron chi connectivity index (χ2n) is 6.05. The SMILES string of the molecule is C1=C(N2CCCC2)[C@H]2C[C@H]1[C@H]1CCC[C@@H]12. The molecule has 0 unspecified atom stereocenters. The molecule has 2 bridgehead atoms. The number of rotatable bonds is 1. The second kappa shape index (κ2) is 3.02. The van der Waals surface area contributed by atoms with Gasteiger partial charge in [0.25, 0.3) is 0 Å². The van der Waals surface area contributed by atoms with Crippen LogP contribution in [0, 0.1) is 23.7 Å². The summed E-state index contributed by atoms with van der Waals surface area (Å²) in [7, 11) is 0. The summed E-state index contributed by atoms with van der Waals surface area (Å²) in [5.74, 6) is 4.16. The molecule has 1 heterocycles. The molecular weight excluding hydrogens is 182 g/mol. The first-order chi connectivity index (χ1) is 7.43. The fourth-order valence-electron chi connectivity index (χ4n) is 4.88. The largest absolute Gasteiger partial charge is 0.375 e. The van der Waals surface area contributed by atoms with Crippen LogP contribution >= 0.6 is 0 Å². The van der Waals surface area contributed by atoms with E-state index in [0.29, 0.717) is 0 Å². The number of likely N-dealkylation sites (tertiary alicyclic amines) is 1. The van der Waals surface area contributed by atoms with Gasteiger partial charge in [-0.2, -0.15) is 0 Å². The average Bonchev–Trinajstić information content (AvgIpc) is 3.02. The van der Waals surface area contributed by atoms with E-state index >= 15 is 0 Å². The molecule has 4 aliphatic rings. The minimum atomic E-state index is 0.984. The Bertz CT molecular complexity index is 300. The Labute approximate surface area is 92.5 Å². The van der Waals surface area contributed by atoms with Gasteiger partial charge in [0, 0.05) is 24.7 Å². The molecule has 1 nitrogen and oxygen atoms in total. The van der Waals surface area contributed by atoms with E-state index < -0.39 is 0 Å². The van der Waals surface area contributed by atoms with Crippen LogP contribution < -0.4 is 0 Å². The molecule has 0 aromatic rings. The lowest BCUT2D eigenvalue weighted by molar-refractivity contribution is 0.286. The van der Waals surface area contributed by atoms with Gasteiger partial charge >= 0.3 is 0 Å². The number of hydrogen-bond acceptors (Lipinski definition) is 1. The van der Waals surface area contributed by atoms with E-state index in [1.54, 1.807) is 5.70 Å². The fraction of sp³-hybridized carbons (Fsp3) is 0.857. The molecule has 4 rings (SSSR count). The predicted octanol–water partition coefficient (Wildman–Crippen LogP) is 3.03. The third kappa shape index (κ3) is 1.10.